The molecule has 1 aromatic rings. The minimum atomic E-state index is -0.658. The van der Waals surface area contributed by atoms with Crippen molar-refractivity contribution in [3.8, 4) is 0 Å². The zero-order chi connectivity index (χ0) is 12.4. The molecule has 1 saturated carbocycles. The van der Waals surface area contributed by atoms with Crippen molar-refractivity contribution in [2.75, 3.05) is 17.2 Å². The fourth-order valence-electron chi connectivity index (χ4n) is 1.79. The number of hydrogen-bond donors (Lipinski definition) is 2. The van der Waals surface area contributed by atoms with Gasteiger partial charge < -0.3 is 10.6 Å². The molecular weight excluding hydrogens is 224 g/mol. The van der Waals surface area contributed by atoms with Gasteiger partial charge in [0.1, 0.15) is 0 Å². The third kappa shape index (κ3) is 2.84. The maximum absolute atomic E-state index is 13.5. The number of aromatic nitrogens is 1. The summed E-state index contributed by atoms with van der Waals surface area (Å²) in [6.07, 6.45) is 2.33. The van der Waals surface area contributed by atoms with Gasteiger partial charge in [0, 0.05) is 18.7 Å². The number of nitrogens with one attached hydrogen (secondary N) is 2. The smallest absolute Gasteiger partial charge is 0.168 e. The molecule has 1 fully saturated rings. The Labute approximate surface area is 99.6 Å². The van der Waals surface area contributed by atoms with Crippen molar-refractivity contribution >= 4 is 11.6 Å². The van der Waals surface area contributed by atoms with Crippen LogP contribution in [0.1, 0.15) is 26.7 Å². The second kappa shape index (κ2) is 4.85. The Bertz CT molecular complexity index is 405. The van der Waals surface area contributed by atoms with Crippen molar-refractivity contribution in [1.82, 2.24) is 4.98 Å². The van der Waals surface area contributed by atoms with Crippen molar-refractivity contribution < 1.29 is 8.78 Å². The van der Waals surface area contributed by atoms with E-state index in [2.05, 4.69) is 15.6 Å². The van der Waals surface area contributed by atoms with Crippen LogP contribution in [0.25, 0.3) is 0 Å². The van der Waals surface area contributed by atoms with Crippen LogP contribution in [-0.2, 0) is 0 Å². The molecule has 1 unspecified atom stereocenters. The lowest BCUT2D eigenvalue weighted by atomic mass is 10.2. The van der Waals surface area contributed by atoms with Gasteiger partial charge in [0.15, 0.2) is 23.3 Å². The molecular formula is C12H17F2N3. The molecule has 3 nitrogen and oxygen atoms in total. The number of nitrogens with zero attached hydrogens (tertiary/aromatic N) is 1. The monoisotopic (exact) mass is 241 g/mol. The average Bonchev–Trinajstić information content (AvgIpc) is 3.08. The van der Waals surface area contributed by atoms with Crippen molar-refractivity contribution in [3.05, 3.63) is 17.7 Å². The summed E-state index contributed by atoms with van der Waals surface area (Å²) in [7, 11) is 0. The van der Waals surface area contributed by atoms with Gasteiger partial charge in [-0.1, -0.05) is 0 Å². The molecule has 0 saturated heterocycles. The van der Waals surface area contributed by atoms with Gasteiger partial charge in [-0.25, -0.2) is 13.8 Å². The first kappa shape index (κ1) is 12.1. The van der Waals surface area contributed by atoms with Crippen LogP contribution in [0, 0.1) is 17.6 Å². The lowest BCUT2D eigenvalue weighted by Crippen LogP contribution is -2.20. The summed E-state index contributed by atoms with van der Waals surface area (Å²) in [4.78, 5) is 3.94. The maximum atomic E-state index is 13.5. The maximum Gasteiger partial charge on any atom is 0.168 e. The Kier molecular flexibility index (Phi) is 3.45. The fourth-order valence-corrected chi connectivity index (χ4v) is 1.79. The summed E-state index contributed by atoms with van der Waals surface area (Å²) < 4.78 is 26.9. The quantitative estimate of drug-likeness (QED) is 0.832. The van der Waals surface area contributed by atoms with Gasteiger partial charge in [-0.3, -0.25) is 0 Å². The molecule has 0 bridgehead atoms. The molecule has 94 valence electrons. The predicted molar refractivity (Wildman–Crippen MR) is 64.1 cm³/mol. The standard InChI is InChI=1S/C12H17F2N3/c1-3-15-11-9(13)6-10(14)12(17-11)16-7(2)8-4-5-8/h6-8H,3-5H2,1-2H3,(H2,15,16,17). The van der Waals surface area contributed by atoms with E-state index in [-0.39, 0.29) is 17.7 Å². The van der Waals surface area contributed by atoms with E-state index >= 15 is 0 Å². The molecule has 1 aliphatic carbocycles. The minimum absolute atomic E-state index is 0.0967. The van der Waals surface area contributed by atoms with Crippen molar-refractivity contribution in [2.45, 2.75) is 32.7 Å². The number of rotatable bonds is 5. The first-order chi connectivity index (χ1) is 8.11. The van der Waals surface area contributed by atoms with Crippen LogP contribution >= 0.6 is 0 Å². The highest BCUT2D eigenvalue weighted by molar-refractivity contribution is 5.48. The van der Waals surface area contributed by atoms with E-state index in [4.69, 9.17) is 0 Å². The van der Waals surface area contributed by atoms with Crippen LogP contribution in [0.5, 0.6) is 0 Å². The van der Waals surface area contributed by atoms with Gasteiger partial charge in [0.2, 0.25) is 0 Å². The van der Waals surface area contributed by atoms with E-state index in [9.17, 15) is 8.78 Å². The summed E-state index contributed by atoms with van der Waals surface area (Å²) in [6, 6.07) is 1.05. The average molecular weight is 241 g/mol. The fraction of sp³-hybridized carbons (Fsp3) is 0.583. The van der Waals surface area contributed by atoms with Gasteiger partial charge in [-0.2, -0.15) is 0 Å². The highest BCUT2D eigenvalue weighted by atomic mass is 19.1. The van der Waals surface area contributed by atoms with Crippen molar-refractivity contribution in [2.24, 2.45) is 5.92 Å². The topological polar surface area (TPSA) is 37.0 Å². The third-order valence-electron chi connectivity index (χ3n) is 2.97. The summed E-state index contributed by atoms with van der Waals surface area (Å²) >= 11 is 0. The van der Waals surface area contributed by atoms with Gasteiger partial charge in [0.05, 0.1) is 0 Å². The highest BCUT2D eigenvalue weighted by Gasteiger charge is 2.28. The van der Waals surface area contributed by atoms with E-state index < -0.39 is 11.6 Å². The Balaban J connectivity index is 2.16. The van der Waals surface area contributed by atoms with Crippen LogP contribution < -0.4 is 10.6 Å². The van der Waals surface area contributed by atoms with E-state index in [0.29, 0.717) is 12.5 Å². The number of anilines is 2. The molecule has 0 aromatic carbocycles. The second-order valence-corrected chi connectivity index (χ2v) is 4.45. The third-order valence-corrected chi connectivity index (χ3v) is 2.97. The number of hydrogen-bond acceptors (Lipinski definition) is 3. The molecule has 1 aliphatic rings. The zero-order valence-corrected chi connectivity index (χ0v) is 10.1. The minimum Gasteiger partial charge on any atom is -0.368 e. The molecule has 0 radical (unpaired) electrons. The first-order valence-electron chi connectivity index (χ1n) is 5.98. The Morgan fingerprint density at radius 2 is 2.00 bits per heavy atom. The summed E-state index contributed by atoms with van der Waals surface area (Å²) in [5.74, 6) is -0.490. The Hall–Kier alpha value is -1.39. The van der Waals surface area contributed by atoms with Crippen LogP contribution in [0.4, 0.5) is 20.4 Å². The molecule has 2 N–H and O–H groups in total. The number of pyridine rings is 1. The van der Waals surface area contributed by atoms with Gasteiger partial charge >= 0.3 is 0 Å². The molecule has 0 aliphatic heterocycles. The summed E-state index contributed by atoms with van der Waals surface area (Å²) in [6.45, 7) is 4.38. The largest absolute Gasteiger partial charge is 0.368 e. The normalized spacial score (nSPS) is 16.7. The van der Waals surface area contributed by atoms with Gasteiger partial charge in [0.25, 0.3) is 0 Å². The van der Waals surface area contributed by atoms with Crippen LogP contribution in [-0.4, -0.2) is 17.6 Å². The molecule has 0 amide bonds. The summed E-state index contributed by atoms with van der Waals surface area (Å²) in [5, 5.41) is 5.77. The van der Waals surface area contributed by atoms with Crippen molar-refractivity contribution in [3.63, 3.8) is 0 Å². The molecule has 1 heterocycles. The molecule has 2 rings (SSSR count). The Morgan fingerprint density at radius 3 is 2.59 bits per heavy atom. The van der Waals surface area contributed by atoms with Gasteiger partial charge in [-0.05, 0) is 32.6 Å². The van der Waals surface area contributed by atoms with E-state index in [1.165, 1.54) is 0 Å². The molecule has 0 spiro atoms. The molecule has 1 aromatic heterocycles. The zero-order valence-electron chi connectivity index (χ0n) is 10.1. The van der Waals surface area contributed by atoms with E-state index in [0.717, 1.165) is 18.9 Å². The SMILES string of the molecule is CCNc1nc(NC(C)C2CC2)c(F)cc1F. The molecule has 1 atom stereocenters. The lowest BCUT2D eigenvalue weighted by molar-refractivity contribution is 0.573. The molecule has 5 heteroatoms. The first-order valence-corrected chi connectivity index (χ1v) is 5.98. The van der Waals surface area contributed by atoms with Crippen LogP contribution in [0.2, 0.25) is 0 Å². The van der Waals surface area contributed by atoms with Crippen LogP contribution in [0.3, 0.4) is 0 Å². The second-order valence-electron chi connectivity index (χ2n) is 4.45. The predicted octanol–water partition coefficient (Wildman–Crippen LogP) is 3.00. The van der Waals surface area contributed by atoms with E-state index in [1.54, 1.807) is 0 Å². The van der Waals surface area contributed by atoms with Crippen molar-refractivity contribution in [1.29, 1.82) is 0 Å². The van der Waals surface area contributed by atoms with Gasteiger partial charge in [-0.15, -0.1) is 0 Å². The summed E-state index contributed by atoms with van der Waals surface area (Å²) in [5.41, 5.74) is 0. The highest BCUT2D eigenvalue weighted by Crippen LogP contribution is 2.34. The molecule has 17 heavy (non-hydrogen) atoms. The Morgan fingerprint density at radius 1 is 1.35 bits per heavy atom. The lowest BCUT2D eigenvalue weighted by Gasteiger charge is -2.15. The number of halogens is 2. The van der Waals surface area contributed by atoms with E-state index in [1.807, 2.05) is 13.8 Å². The van der Waals surface area contributed by atoms with Crippen LogP contribution in [0.15, 0.2) is 6.07 Å².